The summed E-state index contributed by atoms with van der Waals surface area (Å²) in [5.74, 6) is 6.01. The standard InChI is InChI=1S/C19H20FN/c1-19(2,3)21-14-17-7-5-4-6-16(17)11-8-15-9-12-18(20)13-10-15/h4-7,9-10,12-13,21H,14H2,1-3H3. The van der Waals surface area contributed by atoms with Gasteiger partial charge in [-0.15, -0.1) is 0 Å². The molecule has 0 bridgehead atoms. The van der Waals surface area contributed by atoms with Gasteiger partial charge in [0.2, 0.25) is 0 Å². The molecule has 0 fully saturated rings. The highest BCUT2D eigenvalue weighted by Gasteiger charge is 2.09. The van der Waals surface area contributed by atoms with Crippen molar-refractivity contribution in [3.63, 3.8) is 0 Å². The molecule has 2 rings (SSSR count). The average molecular weight is 281 g/mol. The van der Waals surface area contributed by atoms with E-state index < -0.39 is 0 Å². The Morgan fingerprint density at radius 1 is 0.952 bits per heavy atom. The van der Waals surface area contributed by atoms with Crippen LogP contribution in [0.25, 0.3) is 0 Å². The van der Waals surface area contributed by atoms with Crippen molar-refractivity contribution in [3.8, 4) is 11.8 Å². The molecule has 1 nitrogen and oxygen atoms in total. The van der Waals surface area contributed by atoms with Crippen LogP contribution in [0.5, 0.6) is 0 Å². The van der Waals surface area contributed by atoms with Crippen molar-refractivity contribution >= 4 is 0 Å². The Kier molecular flexibility index (Phi) is 4.77. The normalized spacial score (nSPS) is 10.9. The van der Waals surface area contributed by atoms with Crippen LogP contribution in [0, 0.1) is 17.7 Å². The highest BCUT2D eigenvalue weighted by Crippen LogP contribution is 2.10. The SMILES string of the molecule is CC(C)(C)NCc1ccccc1C#Cc1ccc(F)cc1. The van der Waals surface area contributed by atoms with E-state index in [0.717, 1.165) is 17.7 Å². The van der Waals surface area contributed by atoms with Crippen LogP contribution in [0.2, 0.25) is 0 Å². The molecule has 0 aliphatic carbocycles. The molecular weight excluding hydrogens is 261 g/mol. The molecular formula is C19H20FN. The van der Waals surface area contributed by atoms with Crippen LogP contribution in [0.1, 0.15) is 37.5 Å². The second-order valence-corrected chi connectivity index (χ2v) is 6.02. The largest absolute Gasteiger partial charge is 0.308 e. The molecule has 0 heterocycles. The maximum absolute atomic E-state index is 12.9. The maximum atomic E-state index is 12.9. The van der Waals surface area contributed by atoms with Crippen LogP contribution in [0.3, 0.4) is 0 Å². The van der Waals surface area contributed by atoms with Crippen LogP contribution >= 0.6 is 0 Å². The number of benzene rings is 2. The van der Waals surface area contributed by atoms with Gasteiger partial charge in [-0.2, -0.15) is 0 Å². The highest BCUT2D eigenvalue weighted by molar-refractivity contribution is 5.46. The molecule has 0 spiro atoms. The van der Waals surface area contributed by atoms with Crippen LogP contribution in [-0.4, -0.2) is 5.54 Å². The van der Waals surface area contributed by atoms with Crippen molar-refractivity contribution in [2.45, 2.75) is 32.9 Å². The molecule has 0 unspecified atom stereocenters. The summed E-state index contributed by atoms with van der Waals surface area (Å²) in [6, 6.07) is 14.3. The van der Waals surface area contributed by atoms with Gasteiger partial charge in [0.25, 0.3) is 0 Å². The first-order valence-corrected chi connectivity index (χ1v) is 7.04. The van der Waals surface area contributed by atoms with Gasteiger partial charge < -0.3 is 5.32 Å². The molecule has 0 saturated heterocycles. The molecule has 0 radical (unpaired) electrons. The van der Waals surface area contributed by atoms with E-state index in [2.05, 4.69) is 44.0 Å². The Morgan fingerprint density at radius 2 is 1.62 bits per heavy atom. The van der Waals surface area contributed by atoms with Crippen LogP contribution in [-0.2, 0) is 6.54 Å². The minimum absolute atomic E-state index is 0.0670. The molecule has 0 atom stereocenters. The van der Waals surface area contributed by atoms with Gasteiger partial charge in [0.05, 0.1) is 0 Å². The second-order valence-electron chi connectivity index (χ2n) is 6.02. The summed E-state index contributed by atoms with van der Waals surface area (Å²) in [4.78, 5) is 0. The molecule has 1 N–H and O–H groups in total. The van der Waals surface area contributed by atoms with Gasteiger partial charge in [-0.25, -0.2) is 4.39 Å². The fourth-order valence-corrected chi connectivity index (χ4v) is 1.83. The molecule has 0 aliphatic rings. The van der Waals surface area contributed by atoms with E-state index in [4.69, 9.17) is 0 Å². The molecule has 0 aliphatic heterocycles. The average Bonchev–Trinajstić information content (AvgIpc) is 2.44. The maximum Gasteiger partial charge on any atom is 0.123 e. The first kappa shape index (κ1) is 15.3. The molecule has 108 valence electrons. The summed E-state index contributed by atoms with van der Waals surface area (Å²) in [5, 5.41) is 3.47. The summed E-state index contributed by atoms with van der Waals surface area (Å²) in [6.07, 6.45) is 0. The minimum Gasteiger partial charge on any atom is -0.308 e. The zero-order chi connectivity index (χ0) is 15.3. The number of halogens is 1. The number of nitrogens with one attached hydrogen (secondary N) is 1. The van der Waals surface area contributed by atoms with Gasteiger partial charge in [-0.1, -0.05) is 30.0 Å². The molecule has 2 heteroatoms. The van der Waals surface area contributed by atoms with Gasteiger partial charge in [0.1, 0.15) is 5.82 Å². The third-order valence-corrected chi connectivity index (χ3v) is 3.01. The van der Waals surface area contributed by atoms with Crippen LogP contribution in [0.4, 0.5) is 4.39 Å². The Labute approximate surface area is 126 Å². The van der Waals surface area contributed by atoms with Crippen LogP contribution < -0.4 is 5.32 Å². The van der Waals surface area contributed by atoms with Gasteiger partial charge in [-0.3, -0.25) is 0 Å². The Hall–Kier alpha value is -2.11. The molecule has 0 saturated carbocycles. The van der Waals surface area contributed by atoms with E-state index in [1.54, 1.807) is 12.1 Å². The topological polar surface area (TPSA) is 12.0 Å². The van der Waals surface area contributed by atoms with Crippen molar-refractivity contribution < 1.29 is 4.39 Å². The molecule has 0 amide bonds. The molecule has 21 heavy (non-hydrogen) atoms. The van der Waals surface area contributed by atoms with E-state index in [9.17, 15) is 4.39 Å². The smallest absolute Gasteiger partial charge is 0.123 e. The van der Waals surface area contributed by atoms with Gasteiger partial charge in [0.15, 0.2) is 0 Å². The fraction of sp³-hybridized carbons (Fsp3) is 0.263. The third-order valence-electron chi connectivity index (χ3n) is 3.01. The van der Waals surface area contributed by atoms with Crippen molar-refractivity contribution in [3.05, 3.63) is 71.0 Å². The minimum atomic E-state index is -0.240. The van der Waals surface area contributed by atoms with Gasteiger partial charge >= 0.3 is 0 Å². The van der Waals surface area contributed by atoms with Gasteiger partial charge in [-0.05, 0) is 56.7 Å². The Balaban J connectivity index is 2.19. The van der Waals surface area contributed by atoms with Crippen molar-refractivity contribution in [2.75, 3.05) is 0 Å². The number of hydrogen-bond donors (Lipinski definition) is 1. The van der Waals surface area contributed by atoms with Crippen LogP contribution in [0.15, 0.2) is 48.5 Å². The van der Waals surface area contributed by atoms with E-state index in [-0.39, 0.29) is 11.4 Å². The summed E-state index contributed by atoms with van der Waals surface area (Å²) in [6.45, 7) is 7.19. The first-order chi connectivity index (χ1) is 9.94. The van der Waals surface area contributed by atoms with E-state index in [1.807, 2.05) is 18.2 Å². The van der Waals surface area contributed by atoms with E-state index >= 15 is 0 Å². The zero-order valence-electron chi connectivity index (χ0n) is 12.7. The first-order valence-electron chi connectivity index (χ1n) is 7.04. The lowest BCUT2D eigenvalue weighted by molar-refractivity contribution is 0.424. The Bertz CT molecular complexity index is 654. The highest BCUT2D eigenvalue weighted by atomic mass is 19.1. The third kappa shape index (κ3) is 5.06. The summed E-state index contributed by atoms with van der Waals surface area (Å²) >= 11 is 0. The quantitative estimate of drug-likeness (QED) is 0.817. The van der Waals surface area contributed by atoms with Crippen molar-refractivity contribution in [1.29, 1.82) is 0 Å². The Morgan fingerprint density at radius 3 is 2.29 bits per heavy atom. The lowest BCUT2D eigenvalue weighted by Gasteiger charge is -2.21. The zero-order valence-corrected chi connectivity index (χ0v) is 12.7. The molecule has 2 aromatic carbocycles. The molecule has 0 aromatic heterocycles. The fourth-order valence-electron chi connectivity index (χ4n) is 1.83. The summed E-state index contributed by atoms with van der Waals surface area (Å²) in [5.41, 5.74) is 3.05. The van der Waals surface area contributed by atoms with Gasteiger partial charge in [0, 0.05) is 23.2 Å². The van der Waals surface area contributed by atoms with E-state index in [0.29, 0.717) is 0 Å². The van der Waals surface area contributed by atoms with E-state index in [1.165, 1.54) is 17.7 Å². The predicted molar refractivity (Wildman–Crippen MR) is 85.4 cm³/mol. The number of rotatable bonds is 2. The summed E-state index contributed by atoms with van der Waals surface area (Å²) in [7, 11) is 0. The predicted octanol–water partition coefficient (Wildman–Crippen LogP) is 4.11. The number of hydrogen-bond acceptors (Lipinski definition) is 1. The summed E-state index contributed by atoms with van der Waals surface area (Å²) < 4.78 is 12.9. The monoisotopic (exact) mass is 281 g/mol. The lowest BCUT2D eigenvalue weighted by Crippen LogP contribution is -2.35. The van der Waals surface area contributed by atoms with Crippen molar-refractivity contribution in [2.24, 2.45) is 0 Å². The van der Waals surface area contributed by atoms with Crippen molar-refractivity contribution in [1.82, 2.24) is 5.32 Å². The molecule has 2 aromatic rings. The lowest BCUT2D eigenvalue weighted by atomic mass is 10.0. The second kappa shape index (κ2) is 6.56.